The number of nitriles is 1. The highest BCUT2D eigenvalue weighted by Crippen LogP contribution is 2.35. The van der Waals surface area contributed by atoms with E-state index in [1.54, 1.807) is 30.3 Å². The van der Waals surface area contributed by atoms with Crippen LogP contribution in [-0.4, -0.2) is 117 Å². The lowest BCUT2D eigenvalue weighted by atomic mass is 9.90. The molecule has 16 nitrogen and oxygen atoms in total. The Kier molecular flexibility index (Phi) is 11.9. The van der Waals surface area contributed by atoms with Crippen LogP contribution in [0.4, 0.5) is 11.6 Å². The summed E-state index contributed by atoms with van der Waals surface area (Å²) >= 11 is 0. The molecule has 1 aliphatic heterocycles. The van der Waals surface area contributed by atoms with E-state index >= 15 is 0 Å². The summed E-state index contributed by atoms with van der Waals surface area (Å²) in [6.07, 6.45) is 11.0. The van der Waals surface area contributed by atoms with E-state index in [9.17, 15) is 5.26 Å². The summed E-state index contributed by atoms with van der Waals surface area (Å²) in [4.78, 5) is 11.7. The van der Waals surface area contributed by atoms with Crippen molar-refractivity contribution in [2.45, 2.75) is 57.3 Å². The summed E-state index contributed by atoms with van der Waals surface area (Å²) in [5.41, 5.74) is 2.69. The second-order valence-corrected chi connectivity index (χ2v) is 12.1. The van der Waals surface area contributed by atoms with Crippen LogP contribution in [0.15, 0.2) is 43.1 Å². The van der Waals surface area contributed by atoms with Crippen molar-refractivity contribution in [2.24, 2.45) is 0 Å². The summed E-state index contributed by atoms with van der Waals surface area (Å²) < 4.78 is 32.0. The van der Waals surface area contributed by atoms with E-state index in [0.29, 0.717) is 67.8 Å². The number of anilines is 2. The van der Waals surface area contributed by atoms with Crippen molar-refractivity contribution < 1.29 is 23.7 Å². The van der Waals surface area contributed by atoms with Crippen LogP contribution in [-0.2, 0) is 20.8 Å². The Morgan fingerprint density at radius 1 is 1.02 bits per heavy atom. The van der Waals surface area contributed by atoms with Crippen molar-refractivity contribution in [3.05, 3.63) is 48.7 Å². The lowest BCUT2D eigenvalue weighted by Gasteiger charge is -2.38. The Bertz CT molecular complexity index is 1630. The van der Waals surface area contributed by atoms with E-state index in [2.05, 4.69) is 41.8 Å². The molecule has 6 rings (SSSR count). The molecule has 260 valence electrons. The SMILES string of the molecule is COCCOCCOc1nn(C2CCC(N3CCOCC3)CC2)cc1Nc1ncc(-c2ccc(C#N)c(O[C@@H](C)Cn3cnnn3)c2)cn1. The smallest absolute Gasteiger partial charge is 0.257 e. The van der Waals surface area contributed by atoms with Crippen LogP contribution in [0, 0.1) is 11.3 Å². The predicted octanol–water partition coefficient (Wildman–Crippen LogP) is 3.27. The van der Waals surface area contributed by atoms with E-state index in [1.807, 2.05) is 29.9 Å². The highest BCUT2D eigenvalue weighted by atomic mass is 16.5. The number of aromatic nitrogens is 8. The van der Waals surface area contributed by atoms with Gasteiger partial charge in [-0.15, -0.1) is 10.2 Å². The van der Waals surface area contributed by atoms with Gasteiger partial charge < -0.3 is 29.0 Å². The van der Waals surface area contributed by atoms with Gasteiger partial charge in [0.25, 0.3) is 5.88 Å². The minimum Gasteiger partial charge on any atom is -0.487 e. The molecule has 1 aromatic carbocycles. The molecule has 0 radical (unpaired) electrons. The summed E-state index contributed by atoms with van der Waals surface area (Å²) in [6, 6.07) is 8.47. The normalized spacial score (nSPS) is 18.9. The Morgan fingerprint density at radius 2 is 1.80 bits per heavy atom. The van der Waals surface area contributed by atoms with Crippen molar-refractivity contribution >= 4 is 11.6 Å². The monoisotopic (exact) mass is 673 g/mol. The van der Waals surface area contributed by atoms with Crippen LogP contribution in [0.1, 0.15) is 44.2 Å². The van der Waals surface area contributed by atoms with Crippen LogP contribution in [0.25, 0.3) is 11.1 Å². The van der Waals surface area contributed by atoms with Crippen molar-refractivity contribution in [3.63, 3.8) is 0 Å². The third kappa shape index (κ3) is 9.27. The van der Waals surface area contributed by atoms with Gasteiger partial charge in [0, 0.05) is 44.2 Å². The van der Waals surface area contributed by atoms with Crippen molar-refractivity contribution in [1.29, 1.82) is 5.26 Å². The van der Waals surface area contributed by atoms with Crippen LogP contribution >= 0.6 is 0 Å². The van der Waals surface area contributed by atoms with Gasteiger partial charge in [-0.2, -0.15) is 5.26 Å². The average Bonchev–Trinajstić information content (AvgIpc) is 3.80. The fraction of sp³-hybridized carbons (Fsp3) is 0.545. The van der Waals surface area contributed by atoms with Crippen LogP contribution in [0.3, 0.4) is 0 Å². The molecule has 1 aliphatic carbocycles. The molecule has 1 N–H and O–H groups in total. The third-order valence-electron chi connectivity index (χ3n) is 8.70. The van der Waals surface area contributed by atoms with Crippen molar-refractivity contribution in [3.8, 4) is 28.8 Å². The van der Waals surface area contributed by atoms with E-state index < -0.39 is 0 Å². The summed E-state index contributed by atoms with van der Waals surface area (Å²) in [6.45, 7) is 7.77. The van der Waals surface area contributed by atoms with Gasteiger partial charge in [0.05, 0.1) is 57.4 Å². The molecule has 1 atom stereocenters. The molecule has 2 aliphatic rings. The average molecular weight is 674 g/mol. The van der Waals surface area contributed by atoms with E-state index in [0.717, 1.165) is 63.1 Å². The minimum absolute atomic E-state index is 0.275. The number of nitrogens with zero attached hydrogens (tertiary/aromatic N) is 10. The molecule has 0 unspecified atom stereocenters. The van der Waals surface area contributed by atoms with Gasteiger partial charge in [0.2, 0.25) is 5.95 Å². The minimum atomic E-state index is -0.275. The fourth-order valence-electron chi connectivity index (χ4n) is 6.16. The molecule has 4 heterocycles. The topological polar surface area (TPSA) is 172 Å². The molecule has 49 heavy (non-hydrogen) atoms. The van der Waals surface area contributed by atoms with Gasteiger partial charge in [-0.1, -0.05) is 6.07 Å². The molecule has 1 saturated carbocycles. The van der Waals surface area contributed by atoms with Crippen molar-refractivity contribution in [2.75, 3.05) is 65.2 Å². The second-order valence-electron chi connectivity index (χ2n) is 12.1. The number of ether oxygens (including phenoxy) is 5. The zero-order valence-corrected chi connectivity index (χ0v) is 28.0. The summed E-state index contributed by atoms with van der Waals surface area (Å²) in [7, 11) is 1.64. The number of hydrogen-bond donors (Lipinski definition) is 1. The number of tetrazole rings is 1. The Labute approximate surface area is 285 Å². The van der Waals surface area contributed by atoms with Crippen LogP contribution in [0.2, 0.25) is 0 Å². The van der Waals surface area contributed by atoms with Gasteiger partial charge >= 0.3 is 0 Å². The molecular formula is C33H43N11O5. The quantitative estimate of drug-likeness (QED) is 0.172. The maximum Gasteiger partial charge on any atom is 0.257 e. The molecule has 16 heteroatoms. The standard InChI is InChI=1S/C33H43N11O5/c1-24(21-43-23-37-40-41-43)49-31-17-25(3-4-26(31)18-34)27-19-35-33(36-20-27)38-30-22-44(39-32(30)48-16-15-47-14-13-45-2)29-7-5-28(6-8-29)42-9-11-46-12-10-42/h3-4,17,19-20,22-24,28-29H,5-16,21H2,1-2H3,(H,35,36,38)/t24-,28?,29?/m0/s1. The molecule has 0 spiro atoms. The fourth-order valence-corrected chi connectivity index (χ4v) is 6.16. The summed E-state index contributed by atoms with van der Waals surface area (Å²) in [5.74, 6) is 1.34. The molecule has 4 aromatic rings. The first kappa shape index (κ1) is 34.2. The highest BCUT2D eigenvalue weighted by Gasteiger charge is 2.29. The molecule has 0 amide bonds. The molecular weight excluding hydrogens is 630 g/mol. The van der Waals surface area contributed by atoms with Gasteiger partial charge in [-0.25, -0.2) is 14.6 Å². The molecule has 3 aromatic heterocycles. The number of nitrogens with one attached hydrogen (secondary N) is 1. The lowest BCUT2D eigenvalue weighted by Crippen LogP contribution is -2.45. The summed E-state index contributed by atoms with van der Waals surface area (Å²) in [5, 5.41) is 29.0. The number of methoxy groups -OCH3 is 1. The zero-order chi connectivity index (χ0) is 33.8. The van der Waals surface area contributed by atoms with Crippen LogP contribution < -0.4 is 14.8 Å². The van der Waals surface area contributed by atoms with E-state index in [4.69, 9.17) is 28.8 Å². The van der Waals surface area contributed by atoms with Gasteiger partial charge in [0.1, 0.15) is 36.5 Å². The maximum absolute atomic E-state index is 9.67. The third-order valence-corrected chi connectivity index (χ3v) is 8.70. The second kappa shape index (κ2) is 17.1. The van der Waals surface area contributed by atoms with Gasteiger partial charge in [0.15, 0.2) is 0 Å². The lowest BCUT2D eigenvalue weighted by molar-refractivity contribution is 0.00501. The molecule has 0 bridgehead atoms. The predicted molar refractivity (Wildman–Crippen MR) is 177 cm³/mol. The Balaban J connectivity index is 1.12. The van der Waals surface area contributed by atoms with Crippen molar-refractivity contribution in [1.82, 2.24) is 44.9 Å². The Hall–Kier alpha value is -4.69. The maximum atomic E-state index is 9.67. The Morgan fingerprint density at radius 3 is 2.53 bits per heavy atom. The molecule has 2 fully saturated rings. The van der Waals surface area contributed by atoms with Gasteiger partial charge in [-0.3, -0.25) is 9.58 Å². The number of benzene rings is 1. The van der Waals surface area contributed by atoms with E-state index in [-0.39, 0.29) is 12.1 Å². The zero-order valence-electron chi connectivity index (χ0n) is 28.0. The number of hydrogen-bond acceptors (Lipinski definition) is 14. The first-order valence-corrected chi connectivity index (χ1v) is 16.7. The largest absolute Gasteiger partial charge is 0.487 e. The van der Waals surface area contributed by atoms with E-state index in [1.165, 1.54) is 6.33 Å². The highest BCUT2D eigenvalue weighted by molar-refractivity contribution is 5.67. The van der Waals surface area contributed by atoms with Gasteiger partial charge in [-0.05, 0) is 60.7 Å². The first-order valence-electron chi connectivity index (χ1n) is 16.7. The molecule has 1 saturated heterocycles. The first-order chi connectivity index (χ1) is 24.1. The number of morpholine rings is 1. The number of rotatable bonds is 16. The van der Waals surface area contributed by atoms with Crippen LogP contribution in [0.5, 0.6) is 11.6 Å².